The average molecular weight is 344 g/mol. The zero-order valence-electron chi connectivity index (χ0n) is 13.9. The first-order chi connectivity index (χ1) is 11.6. The third kappa shape index (κ3) is 4.13. The van der Waals surface area contributed by atoms with E-state index in [0.29, 0.717) is 5.02 Å². The lowest BCUT2D eigenvalue weighted by molar-refractivity contribution is 0.0760. The number of hydrogen-bond acceptors (Lipinski definition) is 3. The van der Waals surface area contributed by atoms with Crippen LogP contribution in [0, 0.1) is 6.92 Å². The third-order valence-electron chi connectivity index (χ3n) is 4.42. The Morgan fingerprint density at radius 1 is 1.21 bits per heavy atom. The summed E-state index contributed by atoms with van der Waals surface area (Å²) in [7, 11) is 0. The van der Waals surface area contributed by atoms with E-state index in [1.54, 1.807) is 12.3 Å². The van der Waals surface area contributed by atoms with Gasteiger partial charge in [-0.15, -0.1) is 0 Å². The molecule has 1 aromatic heterocycles. The van der Waals surface area contributed by atoms with E-state index < -0.39 is 0 Å². The predicted molar refractivity (Wildman–Crippen MR) is 96.2 cm³/mol. The normalized spacial score (nSPS) is 16.0. The monoisotopic (exact) mass is 343 g/mol. The minimum Gasteiger partial charge on any atom is -0.337 e. The van der Waals surface area contributed by atoms with Gasteiger partial charge in [0.25, 0.3) is 5.91 Å². The zero-order valence-corrected chi connectivity index (χ0v) is 14.7. The Morgan fingerprint density at radius 3 is 2.83 bits per heavy atom. The number of aryl methyl sites for hydroxylation is 1. The van der Waals surface area contributed by atoms with Gasteiger partial charge < -0.3 is 4.90 Å². The van der Waals surface area contributed by atoms with Gasteiger partial charge in [0.15, 0.2) is 0 Å². The molecule has 1 aliphatic heterocycles. The summed E-state index contributed by atoms with van der Waals surface area (Å²) in [6.45, 7) is 6.25. The lowest BCUT2D eigenvalue weighted by Gasteiger charge is -2.22. The minimum absolute atomic E-state index is 0.104. The molecule has 0 radical (unpaired) electrons. The number of benzene rings is 1. The van der Waals surface area contributed by atoms with Gasteiger partial charge in [0.05, 0.1) is 0 Å². The largest absolute Gasteiger partial charge is 0.337 e. The van der Waals surface area contributed by atoms with Crippen molar-refractivity contribution in [3.63, 3.8) is 0 Å². The fourth-order valence-corrected chi connectivity index (χ4v) is 3.35. The van der Waals surface area contributed by atoms with Crippen LogP contribution in [0.25, 0.3) is 0 Å². The first kappa shape index (κ1) is 16.9. The van der Waals surface area contributed by atoms with Crippen LogP contribution >= 0.6 is 11.6 Å². The first-order valence-electron chi connectivity index (χ1n) is 8.30. The summed E-state index contributed by atoms with van der Waals surface area (Å²) in [6.07, 6.45) is 4.68. The molecule has 0 bridgehead atoms. The van der Waals surface area contributed by atoms with Crippen LogP contribution in [0.15, 0.2) is 42.7 Å². The molecule has 126 valence electrons. The maximum atomic E-state index is 12.8. The van der Waals surface area contributed by atoms with E-state index in [9.17, 15) is 4.79 Å². The smallest absolute Gasteiger partial charge is 0.254 e. The van der Waals surface area contributed by atoms with Crippen LogP contribution in [-0.2, 0) is 6.54 Å². The molecule has 4 nitrogen and oxygen atoms in total. The fourth-order valence-electron chi connectivity index (χ4n) is 3.12. The molecule has 1 aliphatic rings. The minimum atomic E-state index is 0.104. The number of aromatic nitrogens is 1. The maximum absolute atomic E-state index is 12.8. The molecule has 0 spiro atoms. The van der Waals surface area contributed by atoms with Crippen LogP contribution in [0.1, 0.15) is 27.9 Å². The quantitative estimate of drug-likeness (QED) is 0.857. The van der Waals surface area contributed by atoms with Crippen molar-refractivity contribution < 1.29 is 4.79 Å². The Morgan fingerprint density at radius 2 is 2.08 bits per heavy atom. The highest BCUT2D eigenvalue weighted by molar-refractivity contribution is 6.30. The number of carbonyl (C=O) groups excluding carboxylic acids is 1. The van der Waals surface area contributed by atoms with Crippen LogP contribution in [0.3, 0.4) is 0 Å². The number of amides is 1. The van der Waals surface area contributed by atoms with Gasteiger partial charge in [-0.3, -0.25) is 14.7 Å². The van der Waals surface area contributed by atoms with Gasteiger partial charge in [0.2, 0.25) is 0 Å². The summed E-state index contributed by atoms with van der Waals surface area (Å²) in [5, 5.41) is 0.669. The van der Waals surface area contributed by atoms with Crippen LogP contribution in [-0.4, -0.2) is 46.9 Å². The number of pyridine rings is 1. The van der Waals surface area contributed by atoms with Crippen LogP contribution in [0.2, 0.25) is 5.02 Å². The summed E-state index contributed by atoms with van der Waals surface area (Å²) in [4.78, 5) is 21.3. The summed E-state index contributed by atoms with van der Waals surface area (Å²) >= 11 is 5.99. The lowest BCUT2D eigenvalue weighted by atomic mass is 10.1. The lowest BCUT2D eigenvalue weighted by Crippen LogP contribution is -2.35. The molecular formula is C19H22ClN3O. The molecule has 0 unspecified atom stereocenters. The SMILES string of the molecule is Cc1cc(Cl)ccc1C(=O)N1CCCN(Cc2cccnc2)CC1. The standard InChI is InChI=1S/C19H22ClN3O/c1-15-12-17(20)5-6-18(15)19(24)23-9-3-8-22(10-11-23)14-16-4-2-7-21-13-16/h2,4-7,12-13H,3,8-11,14H2,1H3. The molecule has 0 aliphatic carbocycles. The molecule has 2 aromatic rings. The van der Waals surface area contributed by atoms with E-state index in [0.717, 1.165) is 50.3 Å². The van der Waals surface area contributed by atoms with E-state index in [1.165, 1.54) is 5.56 Å². The molecule has 1 saturated heterocycles. The van der Waals surface area contributed by atoms with Crippen LogP contribution < -0.4 is 0 Å². The second-order valence-electron chi connectivity index (χ2n) is 6.24. The number of halogens is 1. The van der Waals surface area contributed by atoms with Crippen LogP contribution in [0.5, 0.6) is 0 Å². The molecule has 1 amide bonds. The molecule has 1 fully saturated rings. The van der Waals surface area contributed by atoms with E-state index in [1.807, 2.05) is 36.2 Å². The Labute approximate surface area is 148 Å². The second-order valence-corrected chi connectivity index (χ2v) is 6.68. The Hall–Kier alpha value is -1.91. The Kier molecular flexibility index (Phi) is 5.48. The van der Waals surface area contributed by atoms with Crippen molar-refractivity contribution in [3.05, 3.63) is 64.4 Å². The molecule has 5 heteroatoms. The molecular weight excluding hydrogens is 322 g/mol. The van der Waals surface area contributed by atoms with Gasteiger partial charge in [-0.2, -0.15) is 0 Å². The number of carbonyl (C=O) groups is 1. The van der Waals surface area contributed by atoms with E-state index in [4.69, 9.17) is 11.6 Å². The van der Waals surface area contributed by atoms with Gasteiger partial charge in [-0.05, 0) is 48.7 Å². The van der Waals surface area contributed by atoms with Gasteiger partial charge in [0.1, 0.15) is 0 Å². The number of nitrogens with zero attached hydrogens (tertiary/aromatic N) is 3. The summed E-state index contributed by atoms with van der Waals surface area (Å²) in [5.74, 6) is 0.104. The van der Waals surface area contributed by atoms with E-state index in [2.05, 4.69) is 16.0 Å². The topological polar surface area (TPSA) is 36.4 Å². The van der Waals surface area contributed by atoms with Crippen molar-refractivity contribution >= 4 is 17.5 Å². The van der Waals surface area contributed by atoms with Crippen LogP contribution in [0.4, 0.5) is 0 Å². The molecule has 3 rings (SSSR count). The van der Waals surface area contributed by atoms with Crippen molar-refractivity contribution in [1.82, 2.24) is 14.8 Å². The Balaban J connectivity index is 1.63. The van der Waals surface area contributed by atoms with Crippen molar-refractivity contribution in [2.75, 3.05) is 26.2 Å². The summed E-state index contributed by atoms with van der Waals surface area (Å²) in [6, 6.07) is 9.53. The Bertz CT molecular complexity index is 705. The third-order valence-corrected chi connectivity index (χ3v) is 4.66. The summed E-state index contributed by atoms with van der Waals surface area (Å²) < 4.78 is 0. The highest BCUT2D eigenvalue weighted by atomic mass is 35.5. The second kappa shape index (κ2) is 7.77. The predicted octanol–water partition coefficient (Wildman–Crippen LogP) is 3.39. The van der Waals surface area contributed by atoms with E-state index >= 15 is 0 Å². The van der Waals surface area contributed by atoms with E-state index in [-0.39, 0.29) is 5.91 Å². The molecule has 0 N–H and O–H groups in total. The molecule has 0 saturated carbocycles. The van der Waals surface area contributed by atoms with Crippen molar-refractivity contribution in [2.45, 2.75) is 19.9 Å². The average Bonchev–Trinajstić information content (AvgIpc) is 2.81. The highest BCUT2D eigenvalue weighted by Gasteiger charge is 2.21. The van der Waals surface area contributed by atoms with Crippen molar-refractivity contribution in [2.24, 2.45) is 0 Å². The number of hydrogen-bond donors (Lipinski definition) is 0. The fraction of sp³-hybridized carbons (Fsp3) is 0.368. The van der Waals surface area contributed by atoms with Gasteiger partial charge in [-0.25, -0.2) is 0 Å². The number of rotatable bonds is 3. The highest BCUT2D eigenvalue weighted by Crippen LogP contribution is 2.18. The molecule has 1 aromatic carbocycles. The zero-order chi connectivity index (χ0) is 16.9. The first-order valence-corrected chi connectivity index (χ1v) is 8.68. The molecule has 24 heavy (non-hydrogen) atoms. The van der Waals surface area contributed by atoms with Gasteiger partial charge in [-0.1, -0.05) is 17.7 Å². The van der Waals surface area contributed by atoms with Gasteiger partial charge in [0, 0.05) is 55.7 Å². The molecule has 0 atom stereocenters. The van der Waals surface area contributed by atoms with Crippen molar-refractivity contribution in [3.8, 4) is 0 Å². The van der Waals surface area contributed by atoms with Crippen molar-refractivity contribution in [1.29, 1.82) is 0 Å². The molecule has 2 heterocycles. The maximum Gasteiger partial charge on any atom is 0.254 e. The summed E-state index contributed by atoms with van der Waals surface area (Å²) in [5.41, 5.74) is 2.90. The van der Waals surface area contributed by atoms with Gasteiger partial charge >= 0.3 is 0 Å².